The Hall–Kier alpha value is -2.33. The lowest BCUT2D eigenvalue weighted by molar-refractivity contribution is 0.0955. The first-order chi connectivity index (χ1) is 10.1. The molecule has 0 atom stereocenters. The van der Waals surface area contributed by atoms with E-state index >= 15 is 0 Å². The number of benzene rings is 2. The molecule has 2 rings (SSSR count). The topological polar surface area (TPSA) is 50.7 Å². The molecule has 0 bridgehead atoms. The molecule has 0 aliphatic carbocycles. The van der Waals surface area contributed by atoms with Crippen molar-refractivity contribution in [1.82, 2.24) is 5.43 Å². The van der Waals surface area contributed by atoms with Crippen LogP contribution in [0.2, 0.25) is 5.02 Å². The Labute approximate surface area is 128 Å². The van der Waals surface area contributed by atoms with Gasteiger partial charge in [0.05, 0.1) is 23.4 Å². The first kappa shape index (κ1) is 15.1. The second-order valence-corrected chi connectivity index (χ2v) is 4.76. The molecule has 0 aromatic heterocycles. The van der Waals surface area contributed by atoms with Crippen molar-refractivity contribution in [3.63, 3.8) is 0 Å². The minimum Gasteiger partial charge on any atom is -0.497 e. The Bertz CT molecular complexity index is 683. The number of ether oxygens (including phenoxy) is 1. The molecule has 1 amide bonds. The molecule has 0 heterocycles. The lowest BCUT2D eigenvalue weighted by atomic mass is 10.1. The lowest BCUT2D eigenvalue weighted by Gasteiger charge is -2.06. The van der Waals surface area contributed by atoms with E-state index in [9.17, 15) is 4.79 Å². The number of nitrogens with zero attached hydrogens (tertiary/aromatic N) is 1. The monoisotopic (exact) mass is 302 g/mol. The minimum atomic E-state index is -0.345. The molecule has 0 radical (unpaired) electrons. The normalized spacial score (nSPS) is 11.1. The van der Waals surface area contributed by atoms with Crippen molar-refractivity contribution in [2.75, 3.05) is 7.11 Å². The van der Waals surface area contributed by atoms with Crippen LogP contribution in [0, 0.1) is 0 Å². The highest BCUT2D eigenvalue weighted by Crippen LogP contribution is 2.15. The van der Waals surface area contributed by atoms with E-state index in [4.69, 9.17) is 16.3 Å². The number of hydrogen-bond acceptors (Lipinski definition) is 3. The van der Waals surface area contributed by atoms with Crippen molar-refractivity contribution in [3.05, 3.63) is 64.7 Å². The van der Waals surface area contributed by atoms with Crippen LogP contribution in [0.4, 0.5) is 0 Å². The van der Waals surface area contributed by atoms with Gasteiger partial charge < -0.3 is 4.74 Å². The molecule has 5 heteroatoms. The zero-order valence-electron chi connectivity index (χ0n) is 11.8. The van der Waals surface area contributed by atoms with Crippen LogP contribution in [0.25, 0.3) is 0 Å². The Kier molecular flexibility index (Phi) is 4.95. The number of rotatable bonds is 4. The van der Waals surface area contributed by atoms with E-state index in [0.29, 0.717) is 16.3 Å². The maximum absolute atomic E-state index is 12.0. The second kappa shape index (κ2) is 6.90. The highest BCUT2D eigenvalue weighted by atomic mass is 35.5. The molecule has 0 spiro atoms. The molecule has 2 aromatic rings. The van der Waals surface area contributed by atoms with Gasteiger partial charge in [0, 0.05) is 5.56 Å². The average molecular weight is 303 g/mol. The average Bonchev–Trinajstić information content (AvgIpc) is 2.52. The summed E-state index contributed by atoms with van der Waals surface area (Å²) in [6.07, 6.45) is 0. The van der Waals surface area contributed by atoms with Crippen LogP contribution in [0.15, 0.2) is 53.6 Å². The summed E-state index contributed by atoms with van der Waals surface area (Å²) in [5.41, 5.74) is 4.43. The van der Waals surface area contributed by atoms with Crippen LogP contribution < -0.4 is 10.2 Å². The maximum Gasteiger partial charge on any atom is 0.272 e. The summed E-state index contributed by atoms with van der Waals surface area (Å²) in [4.78, 5) is 12.0. The third-order valence-electron chi connectivity index (χ3n) is 2.93. The molecule has 1 N–H and O–H groups in total. The SMILES string of the molecule is COc1cccc(/C(C)=N/NC(=O)c2ccccc2Cl)c1. The summed E-state index contributed by atoms with van der Waals surface area (Å²) in [5.74, 6) is 0.391. The number of hydrogen-bond donors (Lipinski definition) is 1. The quantitative estimate of drug-likeness (QED) is 0.694. The van der Waals surface area contributed by atoms with E-state index in [1.807, 2.05) is 31.2 Å². The summed E-state index contributed by atoms with van der Waals surface area (Å²) in [6.45, 7) is 1.81. The molecule has 0 saturated carbocycles. The summed E-state index contributed by atoms with van der Waals surface area (Å²) in [5, 5.41) is 4.48. The largest absolute Gasteiger partial charge is 0.497 e. The van der Waals surface area contributed by atoms with Gasteiger partial charge >= 0.3 is 0 Å². The molecule has 2 aromatic carbocycles. The Morgan fingerprint density at radius 1 is 1.19 bits per heavy atom. The smallest absolute Gasteiger partial charge is 0.272 e. The summed E-state index contributed by atoms with van der Waals surface area (Å²) < 4.78 is 5.16. The second-order valence-electron chi connectivity index (χ2n) is 4.35. The number of hydrazone groups is 1. The first-order valence-corrected chi connectivity index (χ1v) is 6.73. The van der Waals surface area contributed by atoms with E-state index in [1.165, 1.54) is 0 Å². The van der Waals surface area contributed by atoms with E-state index in [2.05, 4.69) is 10.5 Å². The van der Waals surface area contributed by atoms with Crippen LogP contribution in [0.5, 0.6) is 5.75 Å². The minimum absolute atomic E-state index is 0.345. The Balaban J connectivity index is 2.13. The zero-order valence-corrected chi connectivity index (χ0v) is 12.5. The van der Waals surface area contributed by atoms with Gasteiger partial charge in [-0.3, -0.25) is 4.79 Å². The number of nitrogens with one attached hydrogen (secondary N) is 1. The fraction of sp³-hybridized carbons (Fsp3) is 0.125. The van der Waals surface area contributed by atoms with Gasteiger partial charge in [-0.15, -0.1) is 0 Å². The third-order valence-corrected chi connectivity index (χ3v) is 3.26. The van der Waals surface area contributed by atoms with Gasteiger partial charge in [0.15, 0.2) is 0 Å². The van der Waals surface area contributed by atoms with Crippen LogP contribution in [-0.2, 0) is 0 Å². The molecule has 0 fully saturated rings. The van der Waals surface area contributed by atoms with Gasteiger partial charge in [-0.2, -0.15) is 5.10 Å². The maximum atomic E-state index is 12.0. The first-order valence-electron chi connectivity index (χ1n) is 6.35. The molecule has 0 unspecified atom stereocenters. The number of carbonyl (C=O) groups is 1. The van der Waals surface area contributed by atoms with Gasteiger partial charge in [-0.05, 0) is 31.2 Å². The summed E-state index contributed by atoms with van der Waals surface area (Å²) >= 11 is 5.97. The van der Waals surface area contributed by atoms with Gasteiger partial charge in [0.2, 0.25) is 0 Å². The molecule has 0 aliphatic heterocycles. The van der Waals surface area contributed by atoms with Crippen LogP contribution in [0.3, 0.4) is 0 Å². The molecular weight excluding hydrogens is 288 g/mol. The fourth-order valence-electron chi connectivity index (χ4n) is 1.75. The van der Waals surface area contributed by atoms with Gasteiger partial charge in [0.25, 0.3) is 5.91 Å². The molecular formula is C16H15ClN2O2. The fourth-order valence-corrected chi connectivity index (χ4v) is 1.97. The number of carbonyl (C=O) groups excluding carboxylic acids is 1. The summed E-state index contributed by atoms with van der Waals surface area (Å²) in [6, 6.07) is 14.3. The Morgan fingerprint density at radius 2 is 1.95 bits per heavy atom. The predicted octanol–water partition coefficient (Wildman–Crippen LogP) is 3.50. The van der Waals surface area contributed by atoms with E-state index in [0.717, 1.165) is 11.3 Å². The van der Waals surface area contributed by atoms with E-state index < -0.39 is 0 Å². The van der Waals surface area contributed by atoms with Crippen molar-refractivity contribution in [2.45, 2.75) is 6.92 Å². The lowest BCUT2D eigenvalue weighted by Crippen LogP contribution is -2.19. The van der Waals surface area contributed by atoms with E-state index in [1.54, 1.807) is 31.4 Å². The molecule has 0 saturated heterocycles. The van der Waals surface area contributed by atoms with E-state index in [-0.39, 0.29) is 5.91 Å². The number of halogens is 1. The van der Waals surface area contributed by atoms with Crippen LogP contribution in [-0.4, -0.2) is 18.7 Å². The Morgan fingerprint density at radius 3 is 2.67 bits per heavy atom. The highest BCUT2D eigenvalue weighted by Gasteiger charge is 2.08. The predicted molar refractivity (Wildman–Crippen MR) is 84.1 cm³/mol. The zero-order chi connectivity index (χ0) is 15.2. The standard InChI is InChI=1S/C16H15ClN2O2/c1-11(12-6-5-7-13(10-12)21-2)18-19-16(20)14-8-3-4-9-15(14)17/h3-10H,1-2H3,(H,19,20)/b18-11+. The van der Waals surface area contributed by atoms with Crippen molar-refractivity contribution in [1.29, 1.82) is 0 Å². The number of methoxy groups -OCH3 is 1. The summed E-state index contributed by atoms with van der Waals surface area (Å²) in [7, 11) is 1.60. The molecule has 21 heavy (non-hydrogen) atoms. The van der Waals surface area contributed by atoms with Crippen LogP contribution >= 0.6 is 11.6 Å². The van der Waals surface area contributed by atoms with Crippen LogP contribution in [0.1, 0.15) is 22.8 Å². The molecule has 4 nitrogen and oxygen atoms in total. The van der Waals surface area contributed by atoms with Crippen molar-refractivity contribution < 1.29 is 9.53 Å². The van der Waals surface area contributed by atoms with Gasteiger partial charge in [-0.1, -0.05) is 35.9 Å². The van der Waals surface area contributed by atoms with Gasteiger partial charge in [-0.25, -0.2) is 5.43 Å². The van der Waals surface area contributed by atoms with Crippen molar-refractivity contribution in [3.8, 4) is 5.75 Å². The molecule has 0 aliphatic rings. The number of amides is 1. The van der Waals surface area contributed by atoms with Crippen molar-refractivity contribution in [2.24, 2.45) is 5.10 Å². The highest BCUT2D eigenvalue weighted by molar-refractivity contribution is 6.33. The molecule has 108 valence electrons. The van der Waals surface area contributed by atoms with Gasteiger partial charge in [0.1, 0.15) is 5.75 Å². The van der Waals surface area contributed by atoms with Crippen molar-refractivity contribution >= 4 is 23.2 Å². The third kappa shape index (κ3) is 3.83.